The summed E-state index contributed by atoms with van der Waals surface area (Å²) in [5.74, 6) is -8.31. The molecule has 7 heteroatoms. The Kier molecular flexibility index (Phi) is 3.86. The van der Waals surface area contributed by atoms with Crippen molar-refractivity contribution in [3.63, 3.8) is 0 Å². The van der Waals surface area contributed by atoms with Crippen molar-refractivity contribution in [1.29, 1.82) is 0 Å². The van der Waals surface area contributed by atoms with E-state index in [-0.39, 0.29) is 6.61 Å². The Morgan fingerprint density at radius 3 is 1.77 bits per heavy atom. The van der Waals surface area contributed by atoms with Crippen LogP contribution in [0.25, 0.3) is 0 Å². The summed E-state index contributed by atoms with van der Waals surface area (Å²) in [4.78, 5) is 14.0. The summed E-state index contributed by atoms with van der Waals surface area (Å²) in [6, 6.07) is 17.8. The molecule has 0 bridgehead atoms. The van der Waals surface area contributed by atoms with Gasteiger partial charge in [0, 0.05) is 7.05 Å². The van der Waals surface area contributed by atoms with Crippen LogP contribution >= 0.6 is 0 Å². The quantitative estimate of drug-likeness (QED) is 0.352. The van der Waals surface area contributed by atoms with Gasteiger partial charge in [-0.05, 0) is 11.1 Å². The Hall–Kier alpha value is -3.19. The van der Waals surface area contributed by atoms with Gasteiger partial charge < -0.3 is 9.64 Å². The number of hydrogen-bond donors (Lipinski definition) is 0. The van der Waals surface area contributed by atoms with Crippen molar-refractivity contribution in [1.82, 2.24) is 4.90 Å². The molecule has 0 aliphatic carbocycles. The summed E-state index contributed by atoms with van der Waals surface area (Å²) < 4.78 is 63.9. The van der Waals surface area contributed by atoms with E-state index in [1.54, 1.807) is 60.7 Å². The lowest BCUT2D eigenvalue weighted by atomic mass is 9.61. The van der Waals surface area contributed by atoms with Crippen LogP contribution in [0.1, 0.15) is 27.0 Å². The first-order valence-corrected chi connectivity index (χ1v) is 9.27. The predicted octanol–water partition coefficient (Wildman–Crippen LogP) is 4.50. The highest BCUT2D eigenvalue weighted by atomic mass is 19.2. The van der Waals surface area contributed by atoms with Gasteiger partial charge in [0.2, 0.25) is 0 Å². The molecule has 3 aromatic carbocycles. The zero-order valence-electron chi connectivity index (χ0n) is 15.8. The van der Waals surface area contributed by atoms with Crippen LogP contribution in [0.3, 0.4) is 0 Å². The largest absolute Gasteiger partial charge is 0.348 e. The molecule has 2 heterocycles. The molecule has 0 aromatic heterocycles. The number of likely N-dealkylation sites (N-methyl/N-ethyl adjacent to an activating group) is 1. The van der Waals surface area contributed by atoms with Crippen LogP contribution in [0.15, 0.2) is 60.7 Å². The van der Waals surface area contributed by atoms with Crippen molar-refractivity contribution in [3.05, 3.63) is 106 Å². The highest BCUT2D eigenvalue weighted by Gasteiger charge is 2.72. The topological polar surface area (TPSA) is 29.5 Å². The van der Waals surface area contributed by atoms with Crippen LogP contribution in [0.5, 0.6) is 0 Å². The molecule has 2 aliphatic heterocycles. The maximum Gasteiger partial charge on any atom is 0.259 e. The molecule has 30 heavy (non-hydrogen) atoms. The summed E-state index contributed by atoms with van der Waals surface area (Å²) in [6.07, 6.45) is 0. The van der Waals surface area contributed by atoms with Gasteiger partial charge in [-0.3, -0.25) is 4.79 Å². The van der Waals surface area contributed by atoms with E-state index in [0.29, 0.717) is 11.1 Å². The zero-order valence-corrected chi connectivity index (χ0v) is 15.8. The van der Waals surface area contributed by atoms with Crippen molar-refractivity contribution < 1.29 is 27.1 Å². The molecule has 3 aromatic rings. The van der Waals surface area contributed by atoms with Gasteiger partial charge in [-0.15, -0.1) is 0 Å². The first kappa shape index (κ1) is 18.8. The molecule has 1 fully saturated rings. The van der Waals surface area contributed by atoms with E-state index >= 15 is 4.39 Å². The van der Waals surface area contributed by atoms with Gasteiger partial charge in [0.1, 0.15) is 0 Å². The summed E-state index contributed by atoms with van der Waals surface area (Å²) in [5, 5.41) is 0. The van der Waals surface area contributed by atoms with Gasteiger partial charge in [0.05, 0.1) is 23.1 Å². The molecule has 3 nitrogen and oxygen atoms in total. The van der Waals surface area contributed by atoms with E-state index in [1.807, 2.05) is 0 Å². The van der Waals surface area contributed by atoms with Gasteiger partial charge in [-0.25, -0.2) is 17.6 Å². The molecule has 1 atom stereocenters. The third kappa shape index (κ3) is 1.96. The molecule has 0 saturated carbocycles. The maximum absolute atomic E-state index is 15.1. The number of ether oxygens (including phenoxy) is 1. The van der Waals surface area contributed by atoms with Crippen molar-refractivity contribution in [3.8, 4) is 0 Å². The molecule has 0 unspecified atom stereocenters. The van der Waals surface area contributed by atoms with Gasteiger partial charge in [-0.2, -0.15) is 0 Å². The number of carbonyl (C=O) groups excluding carboxylic acids is 1. The highest BCUT2D eigenvalue weighted by molar-refractivity contribution is 6.00. The van der Waals surface area contributed by atoms with Gasteiger partial charge >= 0.3 is 0 Å². The van der Waals surface area contributed by atoms with E-state index in [4.69, 9.17) is 4.74 Å². The van der Waals surface area contributed by atoms with Crippen LogP contribution in [-0.2, 0) is 15.9 Å². The van der Waals surface area contributed by atoms with Gasteiger partial charge in [0.25, 0.3) is 5.91 Å². The van der Waals surface area contributed by atoms with Crippen molar-refractivity contribution >= 4 is 5.91 Å². The average molecular weight is 413 g/mol. The van der Waals surface area contributed by atoms with E-state index in [9.17, 15) is 18.0 Å². The van der Waals surface area contributed by atoms with Crippen LogP contribution in [0, 0.1) is 23.3 Å². The first-order valence-electron chi connectivity index (χ1n) is 9.27. The molecule has 2 aliphatic rings. The van der Waals surface area contributed by atoms with Crippen LogP contribution in [0.4, 0.5) is 17.6 Å². The minimum absolute atomic E-state index is 0.0259. The Bertz CT molecular complexity index is 1140. The van der Waals surface area contributed by atoms with Crippen LogP contribution in [0.2, 0.25) is 0 Å². The lowest BCUT2D eigenvalue weighted by molar-refractivity contribution is -0.275. The number of hydrogen-bond acceptors (Lipinski definition) is 2. The fourth-order valence-corrected chi connectivity index (χ4v) is 4.82. The van der Waals surface area contributed by atoms with E-state index in [2.05, 4.69) is 0 Å². The number of halogens is 4. The smallest absolute Gasteiger partial charge is 0.259 e. The zero-order chi connectivity index (χ0) is 21.3. The number of carbonyl (C=O) groups is 1. The Labute approximate surface area is 169 Å². The molecule has 1 spiro atoms. The second-order valence-electron chi connectivity index (χ2n) is 7.44. The summed E-state index contributed by atoms with van der Waals surface area (Å²) in [7, 11) is 1.32. The fraction of sp³-hybridized carbons (Fsp3) is 0.174. The normalized spacial score (nSPS) is 21.6. The molecular weight excluding hydrogens is 398 g/mol. The summed E-state index contributed by atoms with van der Waals surface area (Å²) in [5.41, 5.74) is -3.17. The summed E-state index contributed by atoms with van der Waals surface area (Å²) >= 11 is 0. The van der Waals surface area contributed by atoms with Crippen LogP contribution < -0.4 is 0 Å². The minimum Gasteiger partial charge on any atom is -0.348 e. The molecule has 152 valence electrons. The summed E-state index contributed by atoms with van der Waals surface area (Å²) in [6.45, 7) is 0.0259. The minimum atomic E-state index is -2.02. The molecule has 0 radical (unpaired) electrons. The second kappa shape index (κ2) is 6.15. The lowest BCUT2D eigenvalue weighted by Gasteiger charge is -2.60. The monoisotopic (exact) mass is 413 g/mol. The second-order valence-corrected chi connectivity index (χ2v) is 7.44. The van der Waals surface area contributed by atoms with Crippen molar-refractivity contribution in [2.24, 2.45) is 0 Å². The fourth-order valence-electron chi connectivity index (χ4n) is 4.82. The number of nitrogens with zero attached hydrogens (tertiary/aromatic N) is 1. The molecule has 5 rings (SSSR count). The number of fused-ring (bicyclic) bond motifs is 2. The van der Waals surface area contributed by atoms with Crippen molar-refractivity contribution in [2.75, 3.05) is 13.7 Å². The number of amides is 1. The molecule has 1 amide bonds. The first-order chi connectivity index (χ1) is 14.4. The van der Waals surface area contributed by atoms with E-state index < -0.39 is 51.4 Å². The third-order valence-corrected chi connectivity index (χ3v) is 6.21. The molecule has 0 N–H and O–H groups in total. The number of rotatable bonds is 2. The van der Waals surface area contributed by atoms with E-state index in [0.717, 1.165) is 4.90 Å². The number of benzene rings is 3. The standard InChI is InChI=1S/C23H15F4NO2/c1-28-21(29)15-16(18(25)20(27)19(26)17(15)24)23(28)22(12-30-23,13-8-4-2-5-9-13)14-10-6-3-7-11-14/h2-11H,12H2,1H3/t23-/m0/s1. The average Bonchev–Trinajstić information content (AvgIpc) is 3.01. The Morgan fingerprint density at radius 1 is 0.800 bits per heavy atom. The van der Waals surface area contributed by atoms with Gasteiger partial charge in [0.15, 0.2) is 29.0 Å². The lowest BCUT2D eigenvalue weighted by Crippen LogP contribution is -2.70. The van der Waals surface area contributed by atoms with Crippen molar-refractivity contribution in [2.45, 2.75) is 11.1 Å². The predicted molar refractivity (Wildman–Crippen MR) is 99.7 cm³/mol. The maximum atomic E-state index is 15.1. The SMILES string of the molecule is CN1C(=O)c2c(F)c(F)c(F)c(F)c2[C@@]12OCC2(c1ccccc1)c1ccccc1. The van der Waals surface area contributed by atoms with Crippen LogP contribution in [-0.4, -0.2) is 24.5 Å². The van der Waals surface area contributed by atoms with Gasteiger partial charge in [-0.1, -0.05) is 60.7 Å². The van der Waals surface area contributed by atoms with E-state index in [1.165, 1.54) is 7.05 Å². The molecular formula is C23H15F4NO2. The molecule has 1 saturated heterocycles. The Balaban J connectivity index is 1.91. The highest BCUT2D eigenvalue weighted by Crippen LogP contribution is 2.62. The Morgan fingerprint density at radius 2 is 1.30 bits per heavy atom. The third-order valence-electron chi connectivity index (χ3n) is 6.21.